The molecule has 1 N–H and O–H groups in total. The lowest BCUT2D eigenvalue weighted by atomic mass is 10.1. The minimum absolute atomic E-state index is 0.726. The van der Waals surface area contributed by atoms with Gasteiger partial charge >= 0.3 is 0 Å². The van der Waals surface area contributed by atoms with E-state index in [-0.39, 0.29) is 0 Å². The highest BCUT2D eigenvalue weighted by Gasteiger charge is 2.02. The Morgan fingerprint density at radius 3 is 2.55 bits per heavy atom. The van der Waals surface area contributed by atoms with Crippen molar-refractivity contribution in [2.45, 2.75) is 13.0 Å². The Morgan fingerprint density at radius 1 is 1.15 bits per heavy atom. The molecule has 2 aromatic carbocycles. The maximum Gasteiger partial charge on any atom is 0.136 e. The molecule has 2 heteroatoms. The molecule has 0 amide bonds. The van der Waals surface area contributed by atoms with Crippen molar-refractivity contribution in [3.63, 3.8) is 0 Å². The number of rotatable bonds is 4. The minimum atomic E-state index is -0.853. The topological polar surface area (TPSA) is 29.5 Å². The highest BCUT2D eigenvalue weighted by molar-refractivity contribution is 5.56. The van der Waals surface area contributed by atoms with Gasteiger partial charge in [-0.2, -0.15) is 0 Å². The maximum absolute atomic E-state index is 9.56. The standard InChI is InChI=1S/C18H16O2/c1-3-18(19)14(2)12-15-8-7-11-17(13-15)20-16-9-5-4-6-10-16/h1,4-13,18-19H,2H3. The van der Waals surface area contributed by atoms with Gasteiger partial charge in [-0.3, -0.25) is 0 Å². The Morgan fingerprint density at radius 2 is 1.85 bits per heavy atom. The Bertz CT molecular complexity index is 636. The second-order valence-corrected chi connectivity index (χ2v) is 4.45. The van der Waals surface area contributed by atoms with Gasteiger partial charge < -0.3 is 9.84 Å². The molecule has 0 spiro atoms. The lowest BCUT2D eigenvalue weighted by Gasteiger charge is -2.07. The van der Waals surface area contributed by atoms with E-state index in [0.717, 1.165) is 22.6 Å². The predicted octanol–water partition coefficient (Wildman–Crippen LogP) is 3.88. The Hall–Kier alpha value is -2.50. The van der Waals surface area contributed by atoms with Crippen molar-refractivity contribution in [1.82, 2.24) is 0 Å². The predicted molar refractivity (Wildman–Crippen MR) is 81.4 cm³/mol. The summed E-state index contributed by atoms with van der Waals surface area (Å²) in [5.74, 6) is 3.82. The SMILES string of the molecule is C#CC(O)C(C)=Cc1cccc(Oc2ccccc2)c1. The molecular weight excluding hydrogens is 248 g/mol. The maximum atomic E-state index is 9.56. The molecule has 1 atom stereocenters. The van der Waals surface area contributed by atoms with Gasteiger partial charge in [0.25, 0.3) is 0 Å². The Kier molecular flexibility index (Phi) is 4.60. The van der Waals surface area contributed by atoms with Gasteiger partial charge in [-0.1, -0.05) is 42.3 Å². The summed E-state index contributed by atoms with van der Waals surface area (Å²) >= 11 is 0. The van der Waals surface area contributed by atoms with Crippen LogP contribution >= 0.6 is 0 Å². The second kappa shape index (κ2) is 6.60. The van der Waals surface area contributed by atoms with E-state index in [1.54, 1.807) is 6.92 Å². The number of aliphatic hydroxyl groups is 1. The van der Waals surface area contributed by atoms with E-state index in [1.807, 2.05) is 60.7 Å². The van der Waals surface area contributed by atoms with Crippen molar-refractivity contribution in [3.05, 3.63) is 65.7 Å². The molecular formula is C18H16O2. The molecule has 0 radical (unpaired) electrons. The number of terminal acetylenes is 1. The summed E-state index contributed by atoms with van der Waals surface area (Å²) in [5, 5.41) is 9.56. The van der Waals surface area contributed by atoms with Gasteiger partial charge in [-0.05, 0) is 42.3 Å². The molecule has 20 heavy (non-hydrogen) atoms. The van der Waals surface area contributed by atoms with Gasteiger partial charge in [0.15, 0.2) is 0 Å². The van der Waals surface area contributed by atoms with Crippen LogP contribution in [0.2, 0.25) is 0 Å². The van der Waals surface area contributed by atoms with E-state index in [1.165, 1.54) is 0 Å². The fraction of sp³-hybridized carbons (Fsp3) is 0.111. The van der Waals surface area contributed by atoms with E-state index in [0.29, 0.717) is 0 Å². The molecule has 0 saturated heterocycles. The summed E-state index contributed by atoms with van der Waals surface area (Å²) < 4.78 is 5.76. The number of aliphatic hydroxyl groups excluding tert-OH is 1. The molecule has 2 nitrogen and oxygen atoms in total. The van der Waals surface area contributed by atoms with Crippen LogP contribution in [0.1, 0.15) is 12.5 Å². The first kappa shape index (κ1) is 13.9. The number of hydrogen-bond donors (Lipinski definition) is 1. The van der Waals surface area contributed by atoms with E-state index >= 15 is 0 Å². The normalized spacial score (nSPS) is 12.6. The molecule has 2 aromatic rings. The zero-order valence-corrected chi connectivity index (χ0v) is 11.3. The lowest BCUT2D eigenvalue weighted by Crippen LogP contribution is -2.03. The van der Waals surface area contributed by atoms with Crippen molar-refractivity contribution < 1.29 is 9.84 Å². The monoisotopic (exact) mass is 264 g/mol. The summed E-state index contributed by atoms with van der Waals surface area (Å²) in [7, 11) is 0. The van der Waals surface area contributed by atoms with Gasteiger partial charge in [-0.15, -0.1) is 6.42 Å². The Labute approximate surface area is 119 Å². The zero-order chi connectivity index (χ0) is 14.4. The van der Waals surface area contributed by atoms with Crippen molar-refractivity contribution in [2.24, 2.45) is 0 Å². The molecule has 1 unspecified atom stereocenters. The van der Waals surface area contributed by atoms with Crippen LogP contribution in [0.15, 0.2) is 60.2 Å². The molecule has 0 aliphatic rings. The number of para-hydroxylation sites is 1. The van der Waals surface area contributed by atoms with Crippen LogP contribution in [0.4, 0.5) is 0 Å². The first-order chi connectivity index (χ1) is 9.69. The van der Waals surface area contributed by atoms with Crippen molar-refractivity contribution >= 4 is 6.08 Å². The summed E-state index contributed by atoms with van der Waals surface area (Å²) in [4.78, 5) is 0. The van der Waals surface area contributed by atoms with Crippen LogP contribution in [0.25, 0.3) is 6.08 Å². The van der Waals surface area contributed by atoms with Crippen molar-refractivity contribution in [1.29, 1.82) is 0 Å². The van der Waals surface area contributed by atoms with Gasteiger partial charge in [0, 0.05) is 0 Å². The van der Waals surface area contributed by atoms with Crippen LogP contribution in [0, 0.1) is 12.3 Å². The van der Waals surface area contributed by atoms with Gasteiger partial charge in [0.1, 0.15) is 17.6 Å². The van der Waals surface area contributed by atoms with E-state index in [2.05, 4.69) is 5.92 Å². The third-order valence-corrected chi connectivity index (χ3v) is 2.82. The zero-order valence-electron chi connectivity index (χ0n) is 11.3. The first-order valence-corrected chi connectivity index (χ1v) is 6.34. The van der Waals surface area contributed by atoms with E-state index in [9.17, 15) is 5.11 Å². The third kappa shape index (κ3) is 3.74. The van der Waals surface area contributed by atoms with Gasteiger partial charge in [0.05, 0.1) is 0 Å². The molecule has 0 saturated carbocycles. The van der Waals surface area contributed by atoms with Crippen molar-refractivity contribution in [3.8, 4) is 23.8 Å². The van der Waals surface area contributed by atoms with Gasteiger partial charge in [-0.25, -0.2) is 0 Å². The quantitative estimate of drug-likeness (QED) is 0.849. The van der Waals surface area contributed by atoms with Crippen LogP contribution in [-0.4, -0.2) is 11.2 Å². The average molecular weight is 264 g/mol. The van der Waals surface area contributed by atoms with Crippen LogP contribution in [-0.2, 0) is 0 Å². The summed E-state index contributed by atoms with van der Waals surface area (Å²) in [6.45, 7) is 1.80. The molecule has 0 aliphatic heterocycles. The molecule has 0 aliphatic carbocycles. The fourth-order valence-corrected chi connectivity index (χ4v) is 1.77. The fourth-order valence-electron chi connectivity index (χ4n) is 1.77. The Balaban J connectivity index is 2.19. The molecule has 0 aromatic heterocycles. The minimum Gasteiger partial charge on any atom is -0.457 e. The highest BCUT2D eigenvalue weighted by Crippen LogP contribution is 2.23. The average Bonchev–Trinajstić information content (AvgIpc) is 2.47. The molecule has 0 heterocycles. The van der Waals surface area contributed by atoms with E-state index < -0.39 is 6.10 Å². The third-order valence-electron chi connectivity index (χ3n) is 2.82. The van der Waals surface area contributed by atoms with Crippen LogP contribution in [0.3, 0.4) is 0 Å². The summed E-state index contributed by atoms with van der Waals surface area (Å²) in [6, 6.07) is 17.2. The largest absolute Gasteiger partial charge is 0.457 e. The summed E-state index contributed by atoms with van der Waals surface area (Å²) in [5.41, 5.74) is 1.66. The molecule has 0 bridgehead atoms. The second-order valence-electron chi connectivity index (χ2n) is 4.45. The highest BCUT2D eigenvalue weighted by atomic mass is 16.5. The van der Waals surface area contributed by atoms with E-state index in [4.69, 9.17) is 11.2 Å². The van der Waals surface area contributed by atoms with Crippen molar-refractivity contribution in [2.75, 3.05) is 0 Å². The number of ether oxygens (including phenoxy) is 1. The number of benzene rings is 2. The summed E-state index contributed by atoms with van der Waals surface area (Å²) in [6.07, 6.45) is 6.19. The first-order valence-electron chi connectivity index (χ1n) is 6.34. The number of hydrogen-bond acceptors (Lipinski definition) is 2. The van der Waals surface area contributed by atoms with Crippen LogP contribution < -0.4 is 4.74 Å². The molecule has 2 rings (SSSR count). The lowest BCUT2D eigenvalue weighted by molar-refractivity contribution is 0.269. The van der Waals surface area contributed by atoms with Crippen LogP contribution in [0.5, 0.6) is 11.5 Å². The smallest absolute Gasteiger partial charge is 0.136 e. The molecule has 0 fully saturated rings. The molecule has 100 valence electrons. The van der Waals surface area contributed by atoms with Gasteiger partial charge in [0.2, 0.25) is 0 Å².